The molecule has 5 rings (SSSR count). The number of pyridine rings is 1. The van der Waals surface area contributed by atoms with Crippen molar-refractivity contribution in [3.63, 3.8) is 0 Å². The van der Waals surface area contributed by atoms with Crippen LogP contribution in [-0.4, -0.2) is 36.7 Å². The molecule has 168 valence electrons. The topological polar surface area (TPSA) is 79.4 Å². The highest BCUT2D eigenvalue weighted by Crippen LogP contribution is 2.39. The number of fused-ring (bicyclic) bond motifs is 1. The Labute approximate surface area is 197 Å². The molecule has 1 fully saturated rings. The molecule has 1 aliphatic rings. The molecule has 3 heterocycles. The zero-order valence-electron chi connectivity index (χ0n) is 17.8. The van der Waals surface area contributed by atoms with E-state index in [-0.39, 0.29) is 19.0 Å². The number of carbonyl (C=O) groups is 1. The standard InChI is InChI=1S/C25H23N3O3S2/c29-24(27-22-11-4-10-21-20(22)9-5-15-26-21)25(19-7-2-1-3-8-19)13-16-28(17-14-25)33(30,31)23-12-6-18-32-23/h1-12,15,18H,13-14,16-17H2,(H,27,29). The summed E-state index contributed by atoms with van der Waals surface area (Å²) < 4.78 is 27.9. The fourth-order valence-corrected chi connectivity index (χ4v) is 7.09. The molecular formula is C25H23N3O3S2. The quantitative estimate of drug-likeness (QED) is 0.454. The highest BCUT2D eigenvalue weighted by Gasteiger charge is 2.45. The second kappa shape index (κ2) is 8.70. The molecule has 2 aromatic heterocycles. The van der Waals surface area contributed by atoms with E-state index >= 15 is 0 Å². The molecule has 0 aliphatic carbocycles. The number of aromatic nitrogens is 1. The molecule has 8 heteroatoms. The van der Waals surface area contributed by atoms with Crippen molar-refractivity contribution in [2.75, 3.05) is 18.4 Å². The molecule has 1 N–H and O–H groups in total. The molecule has 4 aromatic rings. The van der Waals surface area contributed by atoms with Gasteiger partial charge in [0.25, 0.3) is 10.0 Å². The van der Waals surface area contributed by atoms with E-state index in [1.807, 2.05) is 60.7 Å². The number of hydrogen-bond acceptors (Lipinski definition) is 5. The molecule has 1 saturated heterocycles. The first-order valence-corrected chi connectivity index (χ1v) is 13.1. The lowest BCUT2D eigenvalue weighted by molar-refractivity contribution is -0.123. The van der Waals surface area contributed by atoms with E-state index in [1.54, 1.807) is 23.7 Å². The Hall–Kier alpha value is -3.07. The largest absolute Gasteiger partial charge is 0.325 e. The van der Waals surface area contributed by atoms with Crippen LogP contribution >= 0.6 is 11.3 Å². The minimum atomic E-state index is -3.55. The Bertz CT molecular complexity index is 1370. The van der Waals surface area contributed by atoms with Crippen molar-refractivity contribution >= 4 is 43.9 Å². The van der Waals surface area contributed by atoms with Gasteiger partial charge in [-0.15, -0.1) is 11.3 Å². The number of carbonyl (C=O) groups excluding carboxylic acids is 1. The van der Waals surface area contributed by atoms with E-state index in [0.29, 0.717) is 22.7 Å². The minimum Gasteiger partial charge on any atom is -0.325 e. The van der Waals surface area contributed by atoms with E-state index in [4.69, 9.17) is 0 Å². The minimum absolute atomic E-state index is 0.127. The third-order valence-corrected chi connectivity index (χ3v) is 9.59. The van der Waals surface area contributed by atoms with Crippen LogP contribution in [0.2, 0.25) is 0 Å². The number of nitrogens with one attached hydrogen (secondary N) is 1. The molecule has 6 nitrogen and oxygen atoms in total. The van der Waals surface area contributed by atoms with Crippen molar-refractivity contribution in [1.29, 1.82) is 0 Å². The number of rotatable bonds is 5. The summed E-state index contributed by atoms with van der Waals surface area (Å²) in [5, 5.41) is 5.76. The van der Waals surface area contributed by atoms with Crippen LogP contribution in [0.15, 0.2) is 88.6 Å². The Kier molecular flexibility index (Phi) is 5.74. The van der Waals surface area contributed by atoms with Crippen molar-refractivity contribution in [2.24, 2.45) is 0 Å². The summed E-state index contributed by atoms with van der Waals surface area (Å²) in [7, 11) is -3.55. The average Bonchev–Trinajstić information content (AvgIpc) is 3.41. The van der Waals surface area contributed by atoms with Gasteiger partial charge in [-0.2, -0.15) is 4.31 Å². The Morgan fingerprint density at radius 2 is 1.73 bits per heavy atom. The first-order valence-electron chi connectivity index (χ1n) is 10.8. The van der Waals surface area contributed by atoms with Gasteiger partial charge in [0.1, 0.15) is 4.21 Å². The normalized spacial score (nSPS) is 16.5. The van der Waals surface area contributed by atoms with Crippen molar-refractivity contribution in [3.8, 4) is 0 Å². The van der Waals surface area contributed by atoms with Crippen molar-refractivity contribution in [2.45, 2.75) is 22.5 Å². The highest BCUT2D eigenvalue weighted by molar-refractivity contribution is 7.91. The molecule has 0 unspecified atom stereocenters. The fourth-order valence-electron chi connectivity index (χ4n) is 4.50. The van der Waals surface area contributed by atoms with Gasteiger partial charge in [0.05, 0.1) is 16.6 Å². The molecule has 0 radical (unpaired) electrons. The molecular weight excluding hydrogens is 454 g/mol. The van der Waals surface area contributed by atoms with Gasteiger partial charge in [-0.25, -0.2) is 8.42 Å². The van der Waals surface area contributed by atoms with Crippen LogP contribution in [0.3, 0.4) is 0 Å². The zero-order chi connectivity index (χ0) is 22.9. The predicted molar refractivity (Wildman–Crippen MR) is 131 cm³/mol. The van der Waals surface area contributed by atoms with Gasteiger partial charge in [-0.3, -0.25) is 9.78 Å². The van der Waals surface area contributed by atoms with Crippen LogP contribution in [0.1, 0.15) is 18.4 Å². The number of benzene rings is 2. The summed E-state index contributed by atoms with van der Waals surface area (Å²) in [6.07, 6.45) is 2.52. The number of sulfonamides is 1. The molecule has 33 heavy (non-hydrogen) atoms. The number of hydrogen-bond donors (Lipinski definition) is 1. The third-order valence-electron chi connectivity index (χ3n) is 6.32. The summed E-state index contributed by atoms with van der Waals surface area (Å²) in [4.78, 5) is 18.2. The van der Waals surface area contributed by atoms with Crippen LogP contribution < -0.4 is 5.32 Å². The molecule has 2 aromatic carbocycles. The smallest absolute Gasteiger partial charge is 0.252 e. The fraction of sp³-hybridized carbons (Fsp3) is 0.200. The van der Waals surface area contributed by atoms with Crippen molar-refractivity contribution in [3.05, 3.63) is 89.9 Å². The average molecular weight is 478 g/mol. The van der Waals surface area contributed by atoms with E-state index in [0.717, 1.165) is 16.5 Å². The van der Waals surface area contributed by atoms with Gasteiger partial charge in [0, 0.05) is 24.7 Å². The summed E-state index contributed by atoms with van der Waals surface area (Å²) in [5.41, 5.74) is 1.58. The summed E-state index contributed by atoms with van der Waals surface area (Å²) in [6.45, 7) is 0.555. The van der Waals surface area contributed by atoms with Gasteiger partial charge >= 0.3 is 0 Å². The Morgan fingerprint density at radius 3 is 2.45 bits per heavy atom. The lowest BCUT2D eigenvalue weighted by Crippen LogP contribution is -2.50. The first kappa shape index (κ1) is 21.8. The molecule has 1 aliphatic heterocycles. The summed E-state index contributed by atoms with van der Waals surface area (Å²) in [6, 6.07) is 22.5. The van der Waals surface area contributed by atoms with E-state index < -0.39 is 15.4 Å². The summed E-state index contributed by atoms with van der Waals surface area (Å²) in [5.74, 6) is -0.127. The Balaban J connectivity index is 1.47. The second-order valence-corrected chi connectivity index (χ2v) is 11.2. The number of anilines is 1. The lowest BCUT2D eigenvalue weighted by Gasteiger charge is -2.40. The van der Waals surface area contributed by atoms with Crippen LogP contribution in [0, 0.1) is 0 Å². The molecule has 0 atom stereocenters. The van der Waals surface area contributed by atoms with Gasteiger partial charge in [-0.1, -0.05) is 42.5 Å². The number of piperidine rings is 1. The molecule has 1 amide bonds. The van der Waals surface area contributed by atoms with Gasteiger partial charge < -0.3 is 5.32 Å². The van der Waals surface area contributed by atoms with Gasteiger partial charge in [0.2, 0.25) is 5.91 Å². The molecule has 0 bridgehead atoms. The van der Waals surface area contributed by atoms with E-state index in [9.17, 15) is 13.2 Å². The predicted octanol–water partition coefficient (Wildman–Crippen LogP) is 4.66. The molecule has 0 saturated carbocycles. The second-order valence-electron chi connectivity index (χ2n) is 8.11. The van der Waals surface area contributed by atoms with Gasteiger partial charge in [0.15, 0.2) is 0 Å². The lowest BCUT2D eigenvalue weighted by atomic mass is 9.72. The number of thiophene rings is 1. The SMILES string of the molecule is O=C(Nc1cccc2ncccc12)C1(c2ccccc2)CCN(S(=O)(=O)c2cccs2)CC1. The van der Waals surface area contributed by atoms with E-state index in [1.165, 1.54) is 15.6 Å². The molecule has 0 spiro atoms. The van der Waals surface area contributed by atoms with Crippen LogP contribution in [-0.2, 0) is 20.2 Å². The van der Waals surface area contributed by atoms with Crippen molar-refractivity contribution in [1.82, 2.24) is 9.29 Å². The maximum atomic E-state index is 13.8. The maximum Gasteiger partial charge on any atom is 0.252 e. The van der Waals surface area contributed by atoms with Crippen molar-refractivity contribution < 1.29 is 13.2 Å². The van der Waals surface area contributed by atoms with Crippen LogP contribution in [0.25, 0.3) is 10.9 Å². The van der Waals surface area contributed by atoms with Crippen LogP contribution in [0.4, 0.5) is 5.69 Å². The third kappa shape index (κ3) is 3.94. The van der Waals surface area contributed by atoms with Gasteiger partial charge in [-0.05, 0) is 54.1 Å². The highest BCUT2D eigenvalue weighted by atomic mass is 32.2. The van der Waals surface area contributed by atoms with Crippen LogP contribution in [0.5, 0.6) is 0 Å². The first-order chi connectivity index (χ1) is 16.0. The summed E-state index contributed by atoms with van der Waals surface area (Å²) >= 11 is 1.21. The zero-order valence-corrected chi connectivity index (χ0v) is 19.5. The van der Waals surface area contributed by atoms with E-state index in [2.05, 4.69) is 10.3 Å². The maximum absolute atomic E-state index is 13.8. The number of nitrogens with zero attached hydrogens (tertiary/aromatic N) is 2. The Morgan fingerprint density at radius 1 is 0.939 bits per heavy atom. The number of amides is 1. The monoisotopic (exact) mass is 477 g/mol.